The molecule has 1 atom stereocenters. The molecular formula is C7H8BrNO2S. The number of carbonyl (C=O) groups is 1. The van der Waals surface area contributed by atoms with Gasteiger partial charge in [0, 0.05) is 11.1 Å². The Balaban J connectivity index is 3.05. The van der Waals surface area contributed by atoms with E-state index in [2.05, 4.69) is 20.9 Å². The van der Waals surface area contributed by atoms with Crippen LogP contribution in [0.2, 0.25) is 0 Å². The van der Waals surface area contributed by atoms with Crippen molar-refractivity contribution in [2.45, 2.75) is 18.2 Å². The minimum atomic E-state index is -1.05. The molecular weight excluding hydrogens is 242 g/mol. The maximum atomic E-state index is 10.8. The summed E-state index contributed by atoms with van der Waals surface area (Å²) in [6.07, 6.45) is 0. The van der Waals surface area contributed by atoms with Crippen molar-refractivity contribution in [2.24, 2.45) is 0 Å². The second kappa shape index (κ2) is 3.14. The zero-order valence-corrected chi connectivity index (χ0v) is 9.07. The summed E-state index contributed by atoms with van der Waals surface area (Å²) in [5.74, 6) is -0.920. The molecule has 0 radical (unpaired) electrons. The van der Waals surface area contributed by atoms with E-state index in [0.717, 1.165) is 5.69 Å². The van der Waals surface area contributed by atoms with E-state index in [1.165, 1.54) is 11.3 Å². The third-order valence-electron chi connectivity index (χ3n) is 1.42. The fourth-order valence-corrected chi connectivity index (χ4v) is 1.87. The molecule has 0 saturated carbocycles. The molecule has 0 aliphatic heterocycles. The van der Waals surface area contributed by atoms with Crippen LogP contribution in [0.5, 0.6) is 0 Å². The van der Waals surface area contributed by atoms with Gasteiger partial charge in [0.2, 0.25) is 0 Å². The average molecular weight is 250 g/mol. The minimum Gasteiger partial charge on any atom is -0.480 e. The number of thiazole rings is 1. The van der Waals surface area contributed by atoms with Gasteiger partial charge in [0.1, 0.15) is 5.01 Å². The maximum absolute atomic E-state index is 10.8. The topological polar surface area (TPSA) is 50.2 Å². The van der Waals surface area contributed by atoms with Crippen LogP contribution >= 0.6 is 27.3 Å². The van der Waals surface area contributed by atoms with Crippen molar-refractivity contribution < 1.29 is 9.90 Å². The van der Waals surface area contributed by atoms with Gasteiger partial charge in [-0.1, -0.05) is 15.9 Å². The number of aromatic nitrogens is 1. The molecule has 1 unspecified atom stereocenters. The normalized spacial score (nSPS) is 15.6. The molecule has 1 rings (SSSR count). The Morgan fingerprint density at radius 3 is 2.75 bits per heavy atom. The lowest BCUT2D eigenvalue weighted by molar-refractivity contribution is -0.139. The van der Waals surface area contributed by atoms with Crippen LogP contribution in [0, 0.1) is 6.92 Å². The Labute approximate surface area is 82.6 Å². The van der Waals surface area contributed by atoms with Crippen LogP contribution in [0.15, 0.2) is 5.38 Å². The standard InChI is InChI=1S/C7H8BrNO2S/c1-4-3-12-5(9-4)7(2,8)6(10)11/h3H,1-2H3,(H,10,11). The fourth-order valence-electron chi connectivity index (χ4n) is 0.661. The van der Waals surface area contributed by atoms with Crippen LogP contribution in [0.25, 0.3) is 0 Å². The lowest BCUT2D eigenvalue weighted by Gasteiger charge is -2.12. The van der Waals surface area contributed by atoms with Crippen molar-refractivity contribution >= 4 is 33.2 Å². The molecule has 1 N–H and O–H groups in total. The summed E-state index contributed by atoms with van der Waals surface area (Å²) >= 11 is 4.46. The molecule has 0 aromatic carbocycles. The van der Waals surface area contributed by atoms with Crippen LogP contribution in [0.3, 0.4) is 0 Å². The first-order valence-electron chi connectivity index (χ1n) is 3.29. The summed E-state index contributed by atoms with van der Waals surface area (Å²) in [6, 6.07) is 0. The van der Waals surface area contributed by atoms with Crippen molar-refractivity contribution in [1.29, 1.82) is 0 Å². The number of carboxylic acids is 1. The van der Waals surface area contributed by atoms with E-state index in [1.54, 1.807) is 6.92 Å². The smallest absolute Gasteiger partial charge is 0.327 e. The molecule has 0 bridgehead atoms. The molecule has 5 heteroatoms. The Morgan fingerprint density at radius 2 is 2.42 bits per heavy atom. The van der Waals surface area contributed by atoms with Crippen LogP contribution in [-0.4, -0.2) is 16.1 Å². The van der Waals surface area contributed by atoms with E-state index in [-0.39, 0.29) is 0 Å². The van der Waals surface area contributed by atoms with E-state index in [0.29, 0.717) is 5.01 Å². The second-order valence-electron chi connectivity index (χ2n) is 2.60. The molecule has 12 heavy (non-hydrogen) atoms. The number of halogens is 1. The first kappa shape index (κ1) is 9.67. The highest BCUT2D eigenvalue weighted by Gasteiger charge is 2.34. The molecule has 1 aromatic rings. The number of alkyl halides is 1. The summed E-state index contributed by atoms with van der Waals surface area (Å²) in [5.41, 5.74) is 0.849. The summed E-state index contributed by atoms with van der Waals surface area (Å²) in [5, 5.41) is 11.2. The lowest BCUT2D eigenvalue weighted by Crippen LogP contribution is -2.24. The first-order valence-corrected chi connectivity index (χ1v) is 4.97. The van der Waals surface area contributed by atoms with Gasteiger partial charge in [-0.15, -0.1) is 11.3 Å². The van der Waals surface area contributed by atoms with Gasteiger partial charge < -0.3 is 5.11 Å². The number of aliphatic carboxylic acids is 1. The van der Waals surface area contributed by atoms with E-state index in [4.69, 9.17) is 5.11 Å². The predicted molar refractivity (Wildman–Crippen MR) is 50.8 cm³/mol. The van der Waals surface area contributed by atoms with Crippen molar-refractivity contribution in [3.8, 4) is 0 Å². The monoisotopic (exact) mass is 249 g/mol. The van der Waals surface area contributed by atoms with Gasteiger partial charge in [-0.3, -0.25) is 4.79 Å². The number of aryl methyl sites for hydroxylation is 1. The fraction of sp³-hybridized carbons (Fsp3) is 0.429. The molecule has 0 saturated heterocycles. The average Bonchev–Trinajstić information content (AvgIpc) is 2.35. The van der Waals surface area contributed by atoms with Crippen LogP contribution in [0.4, 0.5) is 0 Å². The zero-order chi connectivity index (χ0) is 9.35. The summed E-state index contributed by atoms with van der Waals surface area (Å²) in [6.45, 7) is 3.42. The largest absolute Gasteiger partial charge is 0.480 e. The molecule has 1 aromatic heterocycles. The number of rotatable bonds is 2. The van der Waals surface area contributed by atoms with Gasteiger partial charge in [-0.25, -0.2) is 4.98 Å². The Hall–Kier alpha value is -0.420. The Morgan fingerprint density at radius 1 is 1.83 bits per heavy atom. The molecule has 1 heterocycles. The molecule has 66 valence electrons. The molecule has 0 spiro atoms. The molecule has 0 aliphatic rings. The highest BCUT2D eigenvalue weighted by atomic mass is 79.9. The van der Waals surface area contributed by atoms with Gasteiger partial charge in [0.05, 0.1) is 0 Å². The quantitative estimate of drug-likeness (QED) is 0.818. The molecule has 0 amide bonds. The highest BCUT2D eigenvalue weighted by molar-refractivity contribution is 9.10. The van der Waals surface area contributed by atoms with Gasteiger partial charge in [-0.05, 0) is 13.8 Å². The van der Waals surface area contributed by atoms with Crippen molar-refractivity contribution in [1.82, 2.24) is 4.98 Å². The summed E-state index contributed by atoms with van der Waals surface area (Å²) in [7, 11) is 0. The number of hydrogen-bond donors (Lipinski definition) is 1. The Kier molecular flexibility index (Phi) is 2.53. The van der Waals surface area contributed by atoms with E-state index in [1.807, 2.05) is 12.3 Å². The number of hydrogen-bond acceptors (Lipinski definition) is 3. The molecule has 3 nitrogen and oxygen atoms in total. The highest BCUT2D eigenvalue weighted by Crippen LogP contribution is 2.33. The van der Waals surface area contributed by atoms with Gasteiger partial charge >= 0.3 is 5.97 Å². The minimum absolute atomic E-state index is 0.576. The second-order valence-corrected chi connectivity index (χ2v) is 5.05. The van der Waals surface area contributed by atoms with Gasteiger partial charge in [0.25, 0.3) is 0 Å². The summed E-state index contributed by atoms with van der Waals surface area (Å²) in [4.78, 5) is 14.8. The Bertz CT molecular complexity index is 308. The number of carboxylic acid groups (broad SMARTS) is 1. The first-order chi connectivity index (χ1) is 5.44. The van der Waals surface area contributed by atoms with Crippen molar-refractivity contribution in [2.75, 3.05) is 0 Å². The van der Waals surface area contributed by atoms with E-state index < -0.39 is 10.3 Å². The van der Waals surface area contributed by atoms with E-state index in [9.17, 15) is 4.79 Å². The van der Waals surface area contributed by atoms with Crippen LogP contribution in [0.1, 0.15) is 17.6 Å². The van der Waals surface area contributed by atoms with Crippen molar-refractivity contribution in [3.63, 3.8) is 0 Å². The van der Waals surface area contributed by atoms with Gasteiger partial charge in [-0.2, -0.15) is 0 Å². The van der Waals surface area contributed by atoms with Crippen LogP contribution in [-0.2, 0) is 9.12 Å². The van der Waals surface area contributed by atoms with Crippen molar-refractivity contribution in [3.05, 3.63) is 16.1 Å². The number of nitrogens with zero attached hydrogens (tertiary/aromatic N) is 1. The summed E-state index contributed by atoms with van der Waals surface area (Å²) < 4.78 is -1.05. The maximum Gasteiger partial charge on any atom is 0.327 e. The lowest BCUT2D eigenvalue weighted by atomic mass is 10.2. The molecule has 0 fully saturated rings. The zero-order valence-electron chi connectivity index (χ0n) is 6.67. The third-order valence-corrected chi connectivity index (χ3v) is 3.58. The van der Waals surface area contributed by atoms with Gasteiger partial charge in [0.15, 0.2) is 4.32 Å². The van der Waals surface area contributed by atoms with Crippen LogP contribution < -0.4 is 0 Å². The predicted octanol–water partition coefficient (Wildman–Crippen LogP) is 2.15. The third kappa shape index (κ3) is 1.67. The van der Waals surface area contributed by atoms with E-state index >= 15 is 0 Å². The SMILES string of the molecule is Cc1csc(C(C)(Br)C(=O)O)n1. The molecule has 0 aliphatic carbocycles.